The van der Waals surface area contributed by atoms with Crippen molar-refractivity contribution in [1.82, 2.24) is 9.97 Å². The van der Waals surface area contributed by atoms with E-state index in [0.29, 0.717) is 5.82 Å². The molecule has 2 aromatic carbocycles. The number of amides is 1. The van der Waals surface area contributed by atoms with Gasteiger partial charge in [-0.3, -0.25) is 4.79 Å². The van der Waals surface area contributed by atoms with E-state index in [1.165, 1.54) is 18.5 Å². The number of alkyl halides is 3. The number of halogens is 4. The number of hydrogen-bond acceptors (Lipinski definition) is 3. The van der Waals surface area contributed by atoms with E-state index in [9.17, 15) is 18.0 Å². The summed E-state index contributed by atoms with van der Waals surface area (Å²) in [5.41, 5.74) is -0.147. The Hall–Kier alpha value is -2.93. The predicted molar refractivity (Wildman–Crippen MR) is 91.9 cm³/mol. The Labute approximate surface area is 151 Å². The topological polar surface area (TPSA) is 54.9 Å². The van der Waals surface area contributed by atoms with Crippen molar-refractivity contribution < 1.29 is 18.0 Å². The van der Waals surface area contributed by atoms with E-state index in [1.54, 1.807) is 0 Å². The molecule has 0 unspecified atom stereocenters. The van der Waals surface area contributed by atoms with Crippen LogP contribution in [0.25, 0.3) is 11.4 Å². The lowest BCUT2D eigenvalue weighted by molar-refractivity contribution is -0.137. The molecule has 0 fully saturated rings. The van der Waals surface area contributed by atoms with E-state index < -0.39 is 22.7 Å². The molecule has 4 nitrogen and oxygen atoms in total. The van der Waals surface area contributed by atoms with Gasteiger partial charge in [0.2, 0.25) is 0 Å². The zero-order valence-corrected chi connectivity index (χ0v) is 13.8. The summed E-state index contributed by atoms with van der Waals surface area (Å²) in [7, 11) is 0. The molecule has 8 heteroatoms. The molecule has 0 saturated carbocycles. The van der Waals surface area contributed by atoms with Crippen LogP contribution in [0.1, 0.15) is 15.9 Å². The Kier molecular flexibility index (Phi) is 4.90. The van der Waals surface area contributed by atoms with Gasteiger partial charge in [-0.2, -0.15) is 13.2 Å². The molecule has 0 spiro atoms. The number of anilines is 1. The molecule has 1 aromatic heterocycles. The second-order valence-electron chi connectivity index (χ2n) is 5.31. The Morgan fingerprint density at radius 3 is 2.27 bits per heavy atom. The Balaban J connectivity index is 1.78. The van der Waals surface area contributed by atoms with Crippen LogP contribution in [0.15, 0.2) is 60.9 Å². The molecule has 0 atom stereocenters. The van der Waals surface area contributed by atoms with Gasteiger partial charge in [-0.05, 0) is 18.2 Å². The molecule has 0 radical (unpaired) electrons. The SMILES string of the molecule is O=C(Nc1ccc(Cl)c(C(F)(F)F)c1)c1cnc(-c2ccccc2)nc1. The normalized spacial score (nSPS) is 11.2. The quantitative estimate of drug-likeness (QED) is 0.693. The standard InChI is InChI=1S/C18H11ClF3N3O/c19-15-7-6-13(8-14(15)18(20,21)22)25-17(26)12-9-23-16(24-10-12)11-4-2-1-3-5-11/h1-10H,(H,25,26). The second kappa shape index (κ2) is 7.13. The molecule has 132 valence electrons. The molecule has 0 aliphatic carbocycles. The van der Waals surface area contributed by atoms with Gasteiger partial charge in [0.1, 0.15) is 0 Å². The minimum Gasteiger partial charge on any atom is -0.322 e. The summed E-state index contributed by atoms with van der Waals surface area (Å²) in [6.07, 6.45) is -1.99. The van der Waals surface area contributed by atoms with Gasteiger partial charge in [0, 0.05) is 23.6 Å². The Morgan fingerprint density at radius 1 is 1.00 bits per heavy atom. The molecule has 3 aromatic rings. The molecule has 0 aliphatic heterocycles. The largest absolute Gasteiger partial charge is 0.417 e. The minimum absolute atomic E-state index is 0.0288. The van der Waals surface area contributed by atoms with Crippen molar-refractivity contribution in [3.63, 3.8) is 0 Å². The lowest BCUT2D eigenvalue weighted by Gasteiger charge is -2.11. The summed E-state index contributed by atoms with van der Waals surface area (Å²) < 4.78 is 38.6. The number of hydrogen-bond donors (Lipinski definition) is 1. The van der Waals surface area contributed by atoms with Crippen LogP contribution >= 0.6 is 11.6 Å². The van der Waals surface area contributed by atoms with Gasteiger partial charge in [-0.1, -0.05) is 41.9 Å². The first-order chi connectivity index (χ1) is 12.3. The predicted octanol–water partition coefficient (Wildman–Crippen LogP) is 5.07. The third-order valence-corrected chi connectivity index (χ3v) is 3.81. The fraction of sp³-hybridized carbons (Fsp3) is 0.0556. The van der Waals surface area contributed by atoms with Gasteiger partial charge in [0.25, 0.3) is 5.91 Å². The van der Waals surface area contributed by atoms with Gasteiger partial charge in [-0.15, -0.1) is 0 Å². The summed E-state index contributed by atoms with van der Waals surface area (Å²) in [6.45, 7) is 0. The highest BCUT2D eigenvalue weighted by molar-refractivity contribution is 6.31. The number of aromatic nitrogens is 2. The highest BCUT2D eigenvalue weighted by atomic mass is 35.5. The average molecular weight is 378 g/mol. The Morgan fingerprint density at radius 2 is 1.65 bits per heavy atom. The lowest BCUT2D eigenvalue weighted by atomic mass is 10.2. The molecule has 3 rings (SSSR count). The van der Waals surface area contributed by atoms with E-state index >= 15 is 0 Å². The van der Waals surface area contributed by atoms with Crippen LogP contribution < -0.4 is 5.32 Å². The first-order valence-electron chi connectivity index (χ1n) is 7.40. The zero-order valence-electron chi connectivity index (χ0n) is 13.1. The van der Waals surface area contributed by atoms with Crippen molar-refractivity contribution in [2.24, 2.45) is 0 Å². The van der Waals surface area contributed by atoms with E-state index in [4.69, 9.17) is 11.6 Å². The molecule has 0 aliphatic rings. The van der Waals surface area contributed by atoms with Crippen LogP contribution in [0.5, 0.6) is 0 Å². The van der Waals surface area contributed by atoms with Crippen molar-refractivity contribution in [3.8, 4) is 11.4 Å². The summed E-state index contributed by atoms with van der Waals surface area (Å²) in [6, 6.07) is 12.3. The first-order valence-corrected chi connectivity index (χ1v) is 7.78. The fourth-order valence-electron chi connectivity index (χ4n) is 2.21. The highest BCUT2D eigenvalue weighted by Crippen LogP contribution is 2.36. The van der Waals surface area contributed by atoms with Crippen molar-refractivity contribution in [2.45, 2.75) is 6.18 Å². The molecule has 1 heterocycles. The van der Waals surface area contributed by atoms with Crippen LogP contribution in [-0.2, 0) is 6.18 Å². The van der Waals surface area contributed by atoms with Crippen molar-refractivity contribution in [2.75, 3.05) is 5.32 Å². The van der Waals surface area contributed by atoms with Gasteiger partial charge in [0.05, 0.1) is 16.1 Å². The minimum atomic E-state index is -4.61. The van der Waals surface area contributed by atoms with Gasteiger partial charge in [0.15, 0.2) is 5.82 Å². The van der Waals surface area contributed by atoms with Crippen molar-refractivity contribution in [1.29, 1.82) is 0 Å². The van der Waals surface area contributed by atoms with Crippen LogP contribution in [0.2, 0.25) is 5.02 Å². The summed E-state index contributed by atoms with van der Waals surface area (Å²) in [5.74, 6) is -0.187. The van der Waals surface area contributed by atoms with E-state index in [0.717, 1.165) is 17.7 Å². The second-order valence-corrected chi connectivity index (χ2v) is 5.72. The lowest BCUT2D eigenvalue weighted by Crippen LogP contribution is -2.14. The third kappa shape index (κ3) is 4.00. The monoisotopic (exact) mass is 377 g/mol. The number of nitrogens with zero attached hydrogens (tertiary/aromatic N) is 2. The van der Waals surface area contributed by atoms with Crippen molar-refractivity contribution in [3.05, 3.63) is 77.1 Å². The Bertz CT molecular complexity index is 929. The maximum absolute atomic E-state index is 12.9. The summed E-state index contributed by atoms with van der Waals surface area (Å²) in [5, 5.41) is 1.94. The number of nitrogens with one attached hydrogen (secondary N) is 1. The molecule has 1 amide bonds. The van der Waals surface area contributed by atoms with Crippen LogP contribution in [-0.4, -0.2) is 15.9 Å². The number of benzene rings is 2. The van der Waals surface area contributed by atoms with E-state index in [2.05, 4.69) is 15.3 Å². The third-order valence-electron chi connectivity index (χ3n) is 3.48. The maximum Gasteiger partial charge on any atom is 0.417 e. The number of carbonyl (C=O) groups is 1. The number of rotatable bonds is 3. The van der Waals surface area contributed by atoms with E-state index in [-0.39, 0.29) is 11.3 Å². The van der Waals surface area contributed by atoms with Gasteiger partial charge in [-0.25, -0.2) is 9.97 Å². The molecule has 0 bridgehead atoms. The maximum atomic E-state index is 12.9. The number of carbonyl (C=O) groups excluding carboxylic acids is 1. The molecule has 0 saturated heterocycles. The average Bonchev–Trinajstić information content (AvgIpc) is 2.63. The van der Waals surface area contributed by atoms with Gasteiger partial charge < -0.3 is 5.32 Å². The van der Waals surface area contributed by atoms with Crippen LogP contribution in [0.3, 0.4) is 0 Å². The van der Waals surface area contributed by atoms with Crippen LogP contribution in [0, 0.1) is 0 Å². The fourth-order valence-corrected chi connectivity index (χ4v) is 2.43. The summed E-state index contributed by atoms with van der Waals surface area (Å²) in [4.78, 5) is 20.4. The molecule has 1 N–H and O–H groups in total. The van der Waals surface area contributed by atoms with Gasteiger partial charge >= 0.3 is 6.18 Å². The molecular weight excluding hydrogens is 367 g/mol. The van der Waals surface area contributed by atoms with Crippen LogP contribution in [0.4, 0.5) is 18.9 Å². The highest BCUT2D eigenvalue weighted by Gasteiger charge is 2.33. The molecular formula is C18H11ClF3N3O. The molecule has 26 heavy (non-hydrogen) atoms. The first kappa shape index (κ1) is 17.9. The van der Waals surface area contributed by atoms with Crippen molar-refractivity contribution >= 4 is 23.2 Å². The smallest absolute Gasteiger partial charge is 0.322 e. The zero-order chi connectivity index (χ0) is 18.7. The van der Waals surface area contributed by atoms with E-state index in [1.807, 2.05) is 30.3 Å². The summed E-state index contributed by atoms with van der Waals surface area (Å²) >= 11 is 5.56.